The van der Waals surface area contributed by atoms with Gasteiger partial charge in [0.25, 0.3) is 5.69 Å². The van der Waals surface area contributed by atoms with Crippen LogP contribution in [-0.2, 0) is 19.4 Å². The van der Waals surface area contributed by atoms with E-state index in [1.165, 1.54) is 17.8 Å². The number of nitro benzene ring substituents is 1. The van der Waals surface area contributed by atoms with Gasteiger partial charge in [-0.3, -0.25) is 14.8 Å². The Morgan fingerprint density at radius 3 is 2.60 bits per heavy atom. The van der Waals surface area contributed by atoms with E-state index in [4.69, 9.17) is 0 Å². The molecule has 1 heterocycles. The number of aryl methyl sites for hydroxylation is 2. The number of rotatable bonds is 5. The van der Waals surface area contributed by atoms with Crippen LogP contribution >= 0.6 is 15.9 Å². The van der Waals surface area contributed by atoms with Crippen LogP contribution in [0.4, 0.5) is 5.69 Å². The molecular formula is C14H16BrN3O2. The number of non-ortho nitro benzene ring substituents is 1. The first-order valence-electron chi connectivity index (χ1n) is 6.53. The molecule has 0 unspecified atom stereocenters. The largest absolute Gasteiger partial charge is 0.270 e. The Morgan fingerprint density at radius 1 is 1.30 bits per heavy atom. The number of nitrogens with zero attached hydrogens (tertiary/aromatic N) is 3. The van der Waals surface area contributed by atoms with Gasteiger partial charge < -0.3 is 0 Å². The molecular weight excluding hydrogens is 322 g/mol. The summed E-state index contributed by atoms with van der Waals surface area (Å²) < 4.78 is 2.70. The van der Waals surface area contributed by atoms with Crippen molar-refractivity contribution < 1.29 is 4.92 Å². The van der Waals surface area contributed by atoms with E-state index in [1.54, 1.807) is 6.07 Å². The van der Waals surface area contributed by atoms with Gasteiger partial charge in [-0.25, -0.2) is 0 Å². The standard InChI is InChI=1S/C14H16BrN3O2/c1-3-11-7-12(4-2)17(16-11)9-10-5-6-13(18(19)20)8-14(10)15/h5-8H,3-4,9H2,1-2H3. The van der Waals surface area contributed by atoms with Crippen LogP contribution in [0.15, 0.2) is 28.7 Å². The molecule has 0 aliphatic carbocycles. The van der Waals surface area contributed by atoms with Gasteiger partial charge in [0.1, 0.15) is 0 Å². The van der Waals surface area contributed by atoms with E-state index in [1.807, 2.05) is 4.68 Å². The smallest absolute Gasteiger partial charge is 0.265 e. The second-order valence-corrected chi connectivity index (χ2v) is 5.38. The van der Waals surface area contributed by atoms with Crippen molar-refractivity contribution >= 4 is 21.6 Å². The van der Waals surface area contributed by atoms with Crippen molar-refractivity contribution in [3.8, 4) is 0 Å². The number of halogens is 1. The summed E-state index contributed by atoms with van der Waals surface area (Å²) in [7, 11) is 0. The highest BCUT2D eigenvalue weighted by molar-refractivity contribution is 9.10. The van der Waals surface area contributed by atoms with E-state index in [-0.39, 0.29) is 5.69 Å². The molecule has 106 valence electrons. The summed E-state index contributed by atoms with van der Waals surface area (Å²) in [6.45, 7) is 4.79. The quantitative estimate of drug-likeness (QED) is 0.616. The van der Waals surface area contributed by atoms with Gasteiger partial charge in [-0.15, -0.1) is 0 Å². The Morgan fingerprint density at radius 2 is 2.05 bits per heavy atom. The molecule has 0 saturated heterocycles. The predicted octanol–water partition coefficient (Wildman–Crippen LogP) is 3.73. The highest BCUT2D eigenvalue weighted by Gasteiger charge is 2.11. The van der Waals surface area contributed by atoms with E-state index in [0.717, 1.165) is 28.6 Å². The van der Waals surface area contributed by atoms with E-state index in [2.05, 4.69) is 40.9 Å². The van der Waals surface area contributed by atoms with Crippen LogP contribution in [0.1, 0.15) is 30.8 Å². The maximum Gasteiger partial charge on any atom is 0.270 e. The number of hydrogen-bond acceptors (Lipinski definition) is 3. The first-order chi connectivity index (χ1) is 9.55. The second-order valence-electron chi connectivity index (χ2n) is 4.52. The molecule has 0 bridgehead atoms. The van der Waals surface area contributed by atoms with Gasteiger partial charge >= 0.3 is 0 Å². The Bertz CT molecular complexity index is 637. The minimum Gasteiger partial charge on any atom is -0.265 e. The predicted molar refractivity (Wildman–Crippen MR) is 80.9 cm³/mol. The van der Waals surface area contributed by atoms with Crippen LogP contribution in [0.25, 0.3) is 0 Å². The number of aromatic nitrogens is 2. The summed E-state index contributed by atoms with van der Waals surface area (Å²) in [5.74, 6) is 0. The SMILES string of the molecule is CCc1cc(CC)n(Cc2ccc([N+](=O)[O-])cc2Br)n1. The van der Waals surface area contributed by atoms with Gasteiger partial charge in [0, 0.05) is 22.3 Å². The highest BCUT2D eigenvalue weighted by Crippen LogP contribution is 2.24. The zero-order chi connectivity index (χ0) is 14.7. The second kappa shape index (κ2) is 6.17. The minimum atomic E-state index is -0.394. The topological polar surface area (TPSA) is 61.0 Å². The minimum absolute atomic E-state index is 0.0889. The van der Waals surface area contributed by atoms with Crippen LogP contribution in [-0.4, -0.2) is 14.7 Å². The van der Waals surface area contributed by atoms with Crippen LogP contribution in [0, 0.1) is 10.1 Å². The fourth-order valence-corrected chi connectivity index (χ4v) is 2.54. The van der Waals surface area contributed by atoms with E-state index in [9.17, 15) is 10.1 Å². The first-order valence-corrected chi connectivity index (χ1v) is 7.32. The summed E-state index contributed by atoms with van der Waals surface area (Å²) >= 11 is 3.40. The molecule has 0 N–H and O–H groups in total. The Hall–Kier alpha value is -1.69. The average Bonchev–Trinajstić information content (AvgIpc) is 2.83. The average molecular weight is 338 g/mol. The first kappa shape index (κ1) is 14.7. The number of benzene rings is 1. The van der Waals surface area contributed by atoms with Crippen molar-refractivity contribution in [1.82, 2.24) is 9.78 Å². The molecule has 20 heavy (non-hydrogen) atoms. The molecule has 0 saturated carbocycles. The number of hydrogen-bond donors (Lipinski definition) is 0. The van der Waals surface area contributed by atoms with Crippen molar-refractivity contribution in [3.05, 3.63) is 55.8 Å². The zero-order valence-corrected chi connectivity index (χ0v) is 13.1. The summed E-state index contributed by atoms with van der Waals surface area (Å²) in [4.78, 5) is 10.3. The molecule has 0 amide bonds. The zero-order valence-electron chi connectivity index (χ0n) is 11.5. The molecule has 1 aromatic heterocycles. The normalized spacial score (nSPS) is 10.8. The van der Waals surface area contributed by atoms with Gasteiger partial charge in [0.15, 0.2) is 0 Å². The van der Waals surface area contributed by atoms with Gasteiger partial charge in [-0.05, 0) is 30.5 Å². The Labute approximate surface area is 125 Å². The molecule has 0 atom stereocenters. The third-order valence-electron chi connectivity index (χ3n) is 3.21. The molecule has 0 aliphatic rings. The maximum atomic E-state index is 10.7. The maximum absolute atomic E-state index is 10.7. The lowest BCUT2D eigenvalue weighted by atomic mass is 10.2. The van der Waals surface area contributed by atoms with Crippen molar-refractivity contribution in [2.45, 2.75) is 33.2 Å². The van der Waals surface area contributed by atoms with E-state index < -0.39 is 4.92 Å². The van der Waals surface area contributed by atoms with Crippen LogP contribution < -0.4 is 0 Å². The van der Waals surface area contributed by atoms with Gasteiger partial charge in [-0.2, -0.15) is 5.10 Å². The molecule has 0 radical (unpaired) electrons. The summed E-state index contributed by atoms with van der Waals surface area (Å²) in [5.41, 5.74) is 3.31. The van der Waals surface area contributed by atoms with Crippen molar-refractivity contribution in [3.63, 3.8) is 0 Å². The van der Waals surface area contributed by atoms with Gasteiger partial charge in [0.2, 0.25) is 0 Å². The van der Waals surface area contributed by atoms with Gasteiger partial charge in [0.05, 0.1) is 17.2 Å². The van der Waals surface area contributed by atoms with Crippen molar-refractivity contribution in [2.75, 3.05) is 0 Å². The number of nitro groups is 1. The summed E-state index contributed by atoms with van der Waals surface area (Å²) in [6, 6.07) is 6.94. The highest BCUT2D eigenvalue weighted by atomic mass is 79.9. The van der Waals surface area contributed by atoms with Crippen LogP contribution in [0.5, 0.6) is 0 Å². The molecule has 2 aromatic rings. The van der Waals surface area contributed by atoms with E-state index >= 15 is 0 Å². The van der Waals surface area contributed by atoms with Crippen LogP contribution in [0.3, 0.4) is 0 Å². The van der Waals surface area contributed by atoms with Crippen molar-refractivity contribution in [1.29, 1.82) is 0 Å². The monoisotopic (exact) mass is 337 g/mol. The molecule has 0 aliphatic heterocycles. The van der Waals surface area contributed by atoms with Crippen LogP contribution in [0.2, 0.25) is 0 Å². The lowest BCUT2D eigenvalue weighted by Crippen LogP contribution is -2.06. The van der Waals surface area contributed by atoms with Crippen molar-refractivity contribution in [2.24, 2.45) is 0 Å². The Kier molecular flexibility index (Phi) is 4.54. The lowest BCUT2D eigenvalue weighted by Gasteiger charge is -2.08. The van der Waals surface area contributed by atoms with Gasteiger partial charge in [-0.1, -0.05) is 29.8 Å². The molecule has 0 fully saturated rings. The third-order valence-corrected chi connectivity index (χ3v) is 3.94. The molecule has 2 rings (SSSR count). The lowest BCUT2D eigenvalue weighted by molar-refractivity contribution is -0.384. The summed E-state index contributed by atoms with van der Waals surface area (Å²) in [5, 5.41) is 15.3. The van der Waals surface area contributed by atoms with E-state index in [0.29, 0.717) is 6.54 Å². The molecule has 1 aromatic carbocycles. The fraction of sp³-hybridized carbons (Fsp3) is 0.357. The summed E-state index contributed by atoms with van der Waals surface area (Å²) in [6.07, 6.45) is 1.82. The fourth-order valence-electron chi connectivity index (χ4n) is 2.05. The third kappa shape index (κ3) is 3.07. The molecule has 6 heteroatoms. The molecule has 5 nitrogen and oxygen atoms in total. The molecule has 0 spiro atoms. The Balaban J connectivity index is 2.30.